The SMILES string of the molecule is COC(=O)N1CCc2c(cncc2C(=O)N2CCNCC2)C1. The largest absolute Gasteiger partial charge is 0.453 e. The Morgan fingerprint density at radius 2 is 1.95 bits per heavy atom. The topological polar surface area (TPSA) is 74.8 Å². The molecular formula is C15H20N4O3. The van der Waals surface area contributed by atoms with E-state index in [-0.39, 0.29) is 12.0 Å². The molecule has 22 heavy (non-hydrogen) atoms. The minimum atomic E-state index is -0.343. The number of hydrogen-bond acceptors (Lipinski definition) is 5. The van der Waals surface area contributed by atoms with Crippen LogP contribution in [0, 0.1) is 0 Å². The van der Waals surface area contributed by atoms with Crippen molar-refractivity contribution in [2.75, 3.05) is 39.8 Å². The molecule has 0 unspecified atom stereocenters. The molecule has 0 aliphatic carbocycles. The van der Waals surface area contributed by atoms with Gasteiger partial charge in [0.1, 0.15) is 0 Å². The van der Waals surface area contributed by atoms with Gasteiger partial charge in [0.05, 0.1) is 19.2 Å². The molecule has 0 radical (unpaired) electrons. The number of hydrogen-bond donors (Lipinski definition) is 1. The first-order valence-electron chi connectivity index (χ1n) is 7.49. The number of nitrogens with one attached hydrogen (secondary N) is 1. The van der Waals surface area contributed by atoms with Crippen molar-refractivity contribution in [2.24, 2.45) is 0 Å². The van der Waals surface area contributed by atoms with Crippen LogP contribution in [-0.2, 0) is 17.7 Å². The number of carbonyl (C=O) groups is 2. The summed E-state index contributed by atoms with van der Waals surface area (Å²) in [6.07, 6.45) is 3.69. The summed E-state index contributed by atoms with van der Waals surface area (Å²) in [5, 5.41) is 3.24. The smallest absolute Gasteiger partial charge is 0.409 e. The van der Waals surface area contributed by atoms with Crippen molar-refractivity contribution in [3.63, 3.8) is 0 Å². The first kappa shape index (κ1) is 14.8. The van der Waals surface area contributed by atoms with Crippen molar-refractivity contribution in [3.8, 4) is 0 Å². The van der Waals surface area contributed by atoms with E-state index in [1.54, 1.807) is 17.3 Å². The number of pyridine rings is 1. The second-order valence-electron chi connectivity index (χ2n) is 5.51. The van der Waals surface area contributed by atoms with Crippen LogP contribution in [0.5, 0.6) is 0 Å². The Balaban J connectivity index is 1.83. The molecule has 0 spiro atoms. The molecule has 2 amide bonds. The van der Waals surface area contributed by atoms with Gasteiger partial charge >= 0.3 is 6.09 Å². The first-order valence-corrected chi connectivity index (χ1v) is 7.49. The maximum Gasteiger partial charge on any atom is 0.409 e. The molecule has 0 bridgehead atoms. The van der Waals surface area contributed by atoms with E-state index in [1.807, 2.05) is 4.90 Å². The van der Waals surface area contributed by atoms with Crippen molar-refractivity contribution < 1.29 is 14.3 Å². The second-order valence-corrected chi connectivity index (χ2v) is 5.51. The van der Waals surface area contributed by atoms with Crippen molar-refractivity contribution >= 4 is 12.0 Å². The van der Waals surface area contributed by atoms with Crippen LogP contribution in [-0.4, -0.2) is 66.6 Å². The van der Waals surface area contributed by atoms with Gasteiger partial charge in [0.2, 0.25) is 0 Å². The van der Waals surface area contributed by atoms with Crippen LogP contribution in [0.1, 0.15) is 21.5 Å². The van der Waals surface area contributed by atoms with Gasteiger partial charge in [0.15, 0.2) is 0 Å². The van der Waals surface area contributed by atoms with Gasteiger partial charge < -0.3 is 19.9 Å². The lowest BCUT2D eigenvalue weighted by atomic mass is 9.96. The van der Waals surface area contributed by atoms with E-state index in [2.05, 4.69) is 10.3 Å². The van der Waals surface area contributed by atoms with Crippen LogP contribution in [0.2, 0.25) is 0 Å². The standard InChI is InChI=1S/C15H20N4O3/c1-22-15(21)19-5-2-12-11(10-19)8-17-9-13(12)14(20)18-6-3-16-4-7-18/h8-9,16H,2-7,10H2,1H3. The number of fused-ring (bicyclic) bond motifs is 1. The second kappa shape index (κ2) is 6.31. The highest BCUT2D eigenvalue weighted by molar-refractivity contribution is 5.96. The number of carbonyl (C=O) groups excluding carboxylic acids is 2. The van der Waals surface area contributed by atoms with E-state index in [1.165, 1.54) is 7.11 Å². The van der Waals surface area contributed by atoms with Crippen LogP contribution in [0.3, 0.4) is 0 Å². The van der Waals surface area contributed by atoms with E-state index in [9.17, 15) is 9.59 Å². The molecule has 1 aromatic rings. The summed E-state index contributed by atoms with van der Waals surface area (Å²) in [7, 11) is 1.38. The predicted octanol–water partition coefficient (Wildman–Crippen LogP) is 0.251. The van der Waals surface area contributed by atoms with Gasteiger partial charge in [-0.1, -0.05) is 0 Å². The molecule has 1 N–H and O–H groups in total. The molecule has 2 aliphatic heterocycles. The average Bonchev–Trinajstić information content (AvgIpc) is 2.60. The quantitative estimate of drug-likeness (QED) is 0.805. The van der Waals surface area contributed by atoms with Gasteiger partial charge in [-0.2, -0.15) is 0 Å². The van der Waals surface area contributed by atoms with E-state index >= 15 is 0 Å². The monoisotopic (exact) mass is 304 g/mol. The minimum Gasteiger partial charge on any atom is -0.453 e. The lowest BCUT2D eigenvalue weighted by Gasteiger charge is -2.31. The highest BCUT2D eigenvalue weighted by Gasteiger charge is 2.27. The molecule has 1 fully saturated rings. The Bertz CT molecular complexity index is 584. The Morgan fingerprint density at radius 1 is 1.18 bits per heavy atom. The summed E-state index contributed by atoms with van der Waals surface area (Å²) in [5.41, 5.74) is 2.61. The highest BCUT2D eigenvalue weighted by atomic mass is 16.5. The van der Waals surface area contributed by atoms with Gasteiger partial charge in [-0.15, -0.1) is 0 Å². The molecule has 0 aromatic carbocycles. The predicted molar refractivity (Wildman–Crippen MR) is 79.5 cm³/mol. The van der Waals surface area contributed by atoms with Crippen molar-refractivity contribution in [2.45, 2.75) is 13.0 Å². The third kappa shape index (κ3) is 2.76. The lowest BCUT2D eigenvalue weighted by Crippen LogP contribution is -2.47. The molecule has 2 aliphatic rings. The van der Waals surface area contributed by atoms with Crippen molar-refractivity contribution in [1.82, 2.24) is 20.1 Å². The van der Waals surface area contributed by atoms with Crippen LogP contribution in [0.25, 0.3) is 0 Å². The maximum atomic E-state index is 12.7. The van der Waals surface area contributed by atoms with E-state index in [4.69, 9.17) is 4.74 Å². The molecule has 118 valence electrons. The maximum absolute atomic E-state index is 12.7. The Morgan fingerprint density at radius 3 is 2.68 bits per heavy atom. The fraction of sp³-hybridized carbons (Fsp3) is 0.533. The van der Waals surface area contributed by atoms with Crippen molar-refractivity contribution in [1.29, 1.82) is 0 Å². The Hall–Kier alpha value is -2.15. The van der Waals surface area contributed by atoms with E-state index in [0.29, 0.717) is 25.1 Å². The fourth-order valence-corrected chi connectivity index (χ4v) is 3.00. The third-order valence-corrected chi connectivity index (χ3v) is 4.21. The normalized spacial score (nSPS) is 17.9. The number of piperazine rings is 1. The minimum absolute atomic E-state index is 0.0392. The number of rotatable bonds is 1. The zero-order chi connectivity index (χ0) is 15.5. The lowest BCUT2D eigenvalue weighted by molar-refractivity contribution is 0.0733. The van der Waals surface area contributed by atoms with Crippen molar-refractivity contribution in [3.05, 3.63) is 29.1 Å². The van der Waals surface area contributed by atoms with Crippen LogP contribution >= 0.6 is 0 Å². The molecule has 0 atom stereocenters. The zero-order valence-corrected chi connectivity index (χ0v) is 12.7. The van der Waals surface area contributed by atoms with Gasteiger partial charge in [-0.25, -0.2) is 4.79 Å². The molecule has 0 saturated carbocycles. The molecule has 1 aromatic heterocycles. The van der Waals surface area contributed by atoms with E-state index < -0.39 is 0 Å². The van der Waals surface area contributed by atoms with Crippen LogP contribution in [0.4, 0.5) is 4.79 Å². The number of aromatic nitrogens is 1. The number of amides is 2. The Labute approximate surface area is 129 Å². The molecule has 7 heteroatoms. The first-order chi connectivity index (χ1) is 10.7. The molecule has 3 heterocycles. The fourth-order valence-electron chi connectivity index (χ4n) is 3.00. The highest BCUT2D eigenvalue weighted by Crippen LogP contribution is 2.23. The van der Waals surface area contributed by atoms with Gasteiger partial charge in [-0.05, 0) is 17.5 Å². The summed E-state index contributed by atoms with van der Waals surface area (Å²) in [5.74, 6) is 0.0392. The summed E-state index contributed by atoms with van der Waals surface area (Å²) in [6.45, 7) is 4.09. The van der Waals surface area contributed by atoms with Gasteiger partial charge in [-0.3, -0.25) is 9.78 Å². The number of methoxy groups -OCH3 is 1. The zero-order valence-electron chi connectivity index (χ0n) is 12.7. The number of nitrogens with zero attached hydrogens (tertiary/aromatic N) is 3. The van der Waals surface area contributed by atoms with Crippen LogP contribution in [0.15, 0.2) is 12.4 Å². The third-order valence-electron chi connectivity index (χ3n) is 4.21. The Kier molecular flexibility index (Phi) is 4.24. The summed E-state index contributed by atoms with van der Waals surface area (Å²) in [6, 6.07) is 0. The van der Waals surface area contributed by atoms with Gasteiger partial charge in [0.25, 0.3) is 5.91 Å². The molecular weight excluding hydrogens is 284 g/mol. The summed E-state index contributed by atoms with van der Waals surface area (Å²) >= 11 is 0. The molecule has 3 rings (SSSR count). The molecule has 7 nitrogen and oxygen atoms in total. The summed E-state index contributed by atoms with van der Waals surface area (Å²) < 4.78 is 4.76. The van der Waals surface area contributed by atoms with Crippen LogP contribution < -0.4 is 5.32 Å². The molecule has 1 saturated heterocycles. The average molecular weight is 304 g/mol. The number of ether oxygens (including phenoxy) is 1. The van der Waals surface area contributed by atoms with Gasteiger partial charge in [0, 0.05) is 45.1 Å². The summed E-state index contributed by atoms with van der Waals surface area (Å²) in [4.78, 5) is 32.0. The van der Waals surface area contributed by atoms with E-state index in [0.717, 1.165) is 37.3 Å².